The Hall–Kier alpha value is -1.59. The summed E-state index contributed by atoms with van der Waals surface area (Å²) in [5.74, 6) is 1.65. The average molecular weight is 412 g/mol. The largest absolute Gasteiger partial charge is 0.504 e. The van der Waals surface area contributed by atoms with E-state index in [4.69, 9.17) is 4.74 Å². The molecule has 0 aromatic heterocycles. The topological polar surface area (TPSA) is 70.0 Å². The fourth-order valence-electron chi connectivity index (χ4n) is 7.71. The van der Waals surface area contributed by atoms with Crippen molar-refractivity contribution in [3.8, 4) is 11.5 Å². The summed E-state index contributed by atoms with van der Waals surface area (Å²) in [5.41, 5.74) is -0.152. The van der Waals surface area contributed by atoms with E-state index in [1.54, 1.807) is 7.11 Å². The molecule has 1 heterocycles. The van der Waals surface area contributed by atoms with Crippen LogP contribution in [-0.2, 0) is 16.6 Å². The molecule has 3 unspecified atom stereocenters. The third-order valence-corrected chi connectivity index (χ3v) is 9.40. The van der Waals surface area contributed by atoms with Crippen molar-refractivity contribution in [2.75, 3.05) is 20.2 Å². The highest BCUT2D eigenvalue weighted by atomic mass is 16.5. The number of aromatic hydroxyl groups is 1. The highest BCUT2D eigenvalue weighted by Gasteiger charge is 2.70. The predicted molar refractivity (Wildman–Crippen MR) is 113 cm³/mol. The van der Waals surface area contributed by atoms with Crippen LogP contribution in [0.5, 0.6) is 11.5 Å². The van der Waals surface area contributed by atoms with Crippen molar-refractivity contribution in [1.82, 2.24) is 4.90 Å². The smallest absolute Gasteiger partial charge is 0.161 e. The van der Waals surface area contributed by atoms with Crippen molar-refractivity contribution in [3.63, 3.8) is 0 Å². The van der Waals surface area contributed by atoms with Crippen molar-refractivity contribution in [2.45, 2.75) is 81.3 Å². The normalized spacial score (nSPS) is 37.1. The number of fused-ring (bicyclic) bond motifs is 1. The molecule has 30 heavy (non-hydrogen) atoms. The Kier molecular flexibility index (Phi) is 3.97. The number of hydrogen-bond donors (Lipinski definition) is 2. The Bertz CT molecular complexity index is 903. The number of likely N-dealkylation sites (tertiary alicyclic amines) is 1. The number of hydrogen-bond acceptors (Lipinski definition) is 5. The van der Waals surface area contributed by atoms with Crippen LogP contribution in [0.25, 0.3) is 0 Å². The van der Waals surface area contributed by atoms with E-state index in [0.717, 1.165) is 68.7 Å². The Morgan fingerprint density at radius 2 is 1.97 bits per heavy atom. The number of methoxy groups -OCH3 is 1. The standard InChI is InChI=1S/C25H33NO4/c1-30-18-7-6-17-12-19-25(29)15-23(8-2-3-9-23)20(27)13-24(25,21(17)22(18)28)10-11-26(19)14-16-4-5-16/h6-7,16,19,28-29H,2-5,8-15H2,1H3. The van der Waals surface area contributed by atoms with Gasteiger partial charge in [-0.1, -0.05) is 18.9 Å². The van der Waals surface area contributed by atoms with Crippen LogP contribution in [-0.4, -0.2) is 52.7 Å². The minimum Gasteiger partial charge on any atom is -0.504 e. The molecule has 1 aliphatic heterocycles. The second-order valence-corrected chi connectivity index (χ2v) is 10.8. The van der Waals surface area contributed by atoms with Crippen LogP contribution in [0.15, 0.2) is 12.1 Å². The summed E-state index contributed by atoms with van der Waals surface area (Å²) >= 11 is 0. The Labute approximate surface area is 178 Å². The quantitative estimate of drug-likeness (QED) is 0.798. The fraction of sp³-hybridized carbons (Fsp3) is 0.720. The number of aliphatic hydroxyl groups is 1. The first-order chi connectivity index (χ1) is 14.4. The molecule has 0 radical (unpaired) electrons. The van der Waals surface area contributed by atoms with E-state index in [2.05, 4.69) is 4.90 Å². The molecule has 1 spiro atoms. The zero-order valence-electron chi connectivity index (χ0n) is 18.0. The lowest BCUT2D eigenvalue weighted by Crippen LogP contribution is -2.75. The number of ketones is 1. The first kappa shape index (κ1) is 19.1. The number of carbonyl (C=O) groups is 1. The molecule has 2 N–H and O–H groups in total. The number of ether oxygens (including phenoxy) is 1. The van der Waals surface area contributed by atoms with Crippen LogP contribution in [0.1, 0.15) is 68.9 Å². The summed E-state index contributed by atoms with van der Waals surface area (Å²) in [6.45, 7) is 1.95. The first-order valence-electron chi connectivity index (χ1n) is 11.8. The highest BCUT2D eigenvalue weighted by Crippen LogP contribution is 2.65. The molecule has 0 amide bonds. The summed E-state index contributed by atoms with van der Waals surface area (Å²) in [4.78, 5) is 16.1. The third-order valence-electron chi connectivity index (χ3n) is 9.40. The van der Waals surface area contributed by atoms with Crippen molar-refractivity contribution in [1.29, 1.82) is 0 Å². The molecule has 1 saturated heterocycles. The number of Topliss-reactive ketones (excluding diaryl/α,β-unsaturated/α-hetero) is 1. The third kappa shape index (κ3) is 2.34. The summed E-state index contributed by atoms with van der Waals surface area (Å²) < 4.78 is 5.43. The van der Waals surface area contributed by atoms with Gasteiger partial charge >= 0.3 is 0 Å². The van der Waals surface area contributed by atoms with E-state index in [-0.39, 0.29) is 17.2 Å². The fourth-order valence-corrected chi connectivity index (χ4v) is 7.71. The van der Waals surface area contributed by atoms with Crippen LogP contribution in [0, 0.1) is 11.3 Å². The van der Waals surface area contributed by atoms with Gasteiger partial charge in [-0.2, -0.15) is 0 Å². The molecular formula is C25H33NO4. The van der Waals surface area contributed by atoms with Crippen molar-refractivity contribution < 1.29 is 19.7 Å². The minimum absolute atomic E-state index is 0.0257. The van der Waals surface area contributed by atoms with Gasteiger partial charge in [0.15, 0.2) is 11.5 Å². The molecule has 5 aliphatic rings. The molecule has 1 aromatic carbocycles. The Morgan fingerprint density at radius 3 is 2.67 bits per heavy atom. The zero-order valence-corrected chi connectivity index (χ0v) is 18.0. The maximum absolute atomic E-state index is 13.6. The SMILES string of the molecule is COc1ccc2c(c1O)C13CCN(CC4CC4)C(C2)C1(O)CC1(CCCC1)C(=O)C3. The van der Waals surface area contributed by atoms with Crippen LogP contribution < -0.4 is 4.74 Å². The predicted octanol–water partition coefficient (Wildman–Crippen LogP) is 3.33. The number of carbonyl (C=O) groups excluding carboxylic acids is 1. The molecule has 4 aliphatic carbocycles. The van der Waals surface area contributed by atoms with Crippen molar-refractivity contribution in [3.05, 3.63) is 23.3 Å². The number of phenolic OH excluding ortho intramolecular Hbond substituents is 1. The average Bonchev–Trinajstić information content (AvgIpc) is 3.41. The van der Waals surface area contributed by atoms with E-state index >= 15 is 0 Å². The summed E-state index contributed by atoms with van der Waals surface area (Å²) in [6.07, 6.45) is 8.96. The Balaban J connectivity index is 1.53. The van der Waals surface area contributed by atoms with Gasteiger partial charge < -0.3 is 14.9 Å². The highest BCUT2D eigenvalue weighted by molar-refractivity contribution is 5.89. The van der Waals surface area contributed by atoms with Gasteiger partial charge in [0.2, 0.25) is 0 Å². The molecule has 3 atom stereocenters. The van der Waals surface area contributed by atoms with Gasteiger partial charge in [0.05, 0.1) is 12.7 Å². The Morgan fingerprint density at radius 1 is 1.20 bits per heavy atom. The molecule has 3 saturated carbocycles. The molecule has 4 fully saturated rings. The summed E-state index contributed by atoms with van der Waals surface area (Å²) in [5, 5.41) is 23.8. The number of piperidine rings is 1. The summed E-state index contributed by atoms with van der Waals surface area (Å²) in [6, 6.07) is 3.91. The number of nitrogens with zero attached hydrogens (tertiary/aromatic N) is 1. The maximum Gasteiger partial charge on any atom is 0.161 e. The second-order valence-electron chi connectivity index (χ2n) is 10.8. The molecular weight excluding hydrogens is 378 g/mol. The lowest BCUT2D eigenvalue weighted by molar-refractivity contribution is -0.194. The second kappa shape index (κ2) is 6.23. The molecule has 5 nitrogen and oxygen atoms in total. The van der Waals surface area contributed by atoms with Gasteiger partial charge in [0, 0.05) is 35.4 Å². The summed E-state index contributed by atoms with van der Waals surface area (Å²) in [7, 11) is 1.56. The van der Waals surface area contributed by atoms with E-state index in [1.165, 1.54) is 12.8 Å². The number of phenols is 1. The van der Waals surface area contributed by atoms with Crippen molar-refractivity contribution in [2.24, 2.45) is 11.3 Å². The van der Waals surface area contributed by atoms with E-state index in [9.17, 15) is 15.0 Å². The van der Waals surface area contributed by atoms with E-state index in [1.807, 2.05) is 12.1 Å². The molecule has 162 valence electrons. The molecule has 2 bridgehead atoms. The van der Waals surface area contributed by atoms with Crippen LogP contribution in [0.2, 0.25) is 0 Å². The van der Waals surface area contributed by atoms with Crippen molar-refractivity contribution >= 4 is 5.78 Å². The van der Waals surface area contributed by atoms with Crippen LogP contribution in [0.4, 0.5) is 0 Å². The van der Waals surface area contributed by atoms with E-state index < -0.39 is 11.0 Å². The molecule has 1 aromatic rings. The van der Waals surface area contributed by atoms with Gasteiger partial charge in [-0.25, -0.2) is 0 Å². The van der Waals surface area contributed by atoms with Gasteiger partial charge in [-0.05, 0) is 69.0 Å². The van der Waals surface area contributed by atoms with Gasteiger partial charge in [-0.3, -0.25) is 9.69 Å². The van der Waals surface area contributed by atoms with Gasteiger partial charge in [0.25, 0.3) is 0 Å². The zero-order chi connectivity index (χ0) is 20.7. The monoisotopic (exact) mass is 411 g/mol. The van der Waals surface area contributed by atoms with Crippen LogP contribution in [0.3, 0.4) is 0 Å². The van der Waals surface area contributed by atoms with Gasteiger partial charge in [0.1, 0.15) is 5.78 Å². The lowest BCUT2D eigenvalue weighted by Gasteiger charge is -2.66. The lowest BCUT2D eigenvalue weighted by atomic mass is 9.45. The minimum atomic E-state index is -0.977. The first-order valence-corrected chi connectivity index (χ1v) is 11.8. The van der Waals surface area contributed by atoms with E-state index in [0.29, 0.717) is 24.4 Å². The maximum atomic E-state index is 13.6. The number of benzene rings is 1. The molecule has 6 rings (SSSR count). The number of rotatable bonds is 3. The van der Waals surface area contributed by atoms with Crippen LogP contribution >= 0.6 is 0 Å². The van der Waals surface area contributed by atoms with Gasteiger partial charge in [-0.15, -0.1) is 0 Å². The molecule has 5 heteroatoms.